The van der Waals surface area contributed by atoms with Gasteiger partial charge in [-0.2, -0.15) is 0 Å². The van der Waals surface area contributed by atoms with Gasteiger partial charge in [0.1, 0.15) is 5.69 Å². The Labute approximate surface area is 90.5 Å². The maximum Gasteiger partial charge on any atom is 0.225 e. The van der Waals surface area contributed by atoms with Crippen LogP contribution in [0, 0.1) is 0 Å². The average molecular weight is 229 g/mol. The summed E-state index contributed by atoms with van der Waals surface area (Å²) in [6.07, 6.45) is 0.806. The van der Waals surface area contributed by atoms with Gasteiger partial charge in [0.2, 0.25) is 5.88 Å². The number of rotatable bonds is 2. The molecule has 14 heavy (non-hydrogen) atoms. The minimum atomic E-state index is 0.395. The van der Waals surface area contributed by atoms with E-state index in [2.05, 4.69) is 5.16 Å². The van der Waals surface area contributed by atoms with Crippen molar-refractivity contribution in [3.05, 3.63) is 22.0 Å². The first kappa shape index (κ1) is 9.55. The Morgan fingerprint density at radius 1 is 1.57 bits per heavy atom. The molecule has 2 aromatic rings. The van der Waals surface area contributed by atoms with Gasteiger partial charge < -0.3 is 10.3 Å². The molecule has 2 heterocycles. The largest absolute Gasteiger partial charge is 0.367 e. The van der Waals surface area contributed by atoms with Crippen molar-refractivity contribution >= 4 is 28.8 Å². The highest BCUT2D eigenvalue weighted by Crippen LogP contribution is 2.34. The summed E-state index contributed by atoms with van der Waals surface area (Å²) >= 11 is 7.31. The molecular formula is C9H9ClN2OS. The van der Waals surface area contributed by atoms with Gasteiger partial charge in [0.05, 0.1) is 9.21 Å². The fourth-order valence-corrected chi connectivity index (χ4v) is 2.35. The summed E-state index contributed by atoms with van der Waals surface area (Å²) < 4.78 is 5.68. The molecule has 0 amide bonds. The Morgan fingerprint density at radius 2 is 2.36 bits per heavy atom. The van der Waals surface area contributed by atoms with E-state index in [0.29, 0.717) is 5.88 Å². The fraction of sp³-hybridized carbons (Fsp3) is 0.222. The van der Waals surface area contributed by atoms with Crippen LogP contribution in [0.25, 0.3) is 10.6 Å². The molecule has 3 nitrogen and oxygen atoms in total. The molecule has 0 spiro atoms. The highest BCUT2D eigenvalue weighted by Gasteiger charge is 2.14. The number of thiophene rings is 1. The van der Waals surface area contributed by atoms with E-state index in [1.165, 1.54) is 11.3 Å². The number of nitrogens with two attached hydrogens (primary N) is 1. The van der Waals surface area contributed by atoms with Crippen LogP contribution in [0.3, 0.4) is 0 Å². The van der Waals surface area contributed by atoms with Crippen LogP contribution in [-0.4, -0.2) is 5.16 Å². The topological polar surface area (TPSA) is 52.0 Å². The van der Waals surface area contributed by atoms with Gasteiger partial charge in [0, 0.05) is 5.56 Å². The molecule has 0 radical (unpaired) electrons. The highest BCUT2D eigenvalue weighted by molar-refractivity contribution is 7.19. The lowest BCUT2D eigenvalue weighted by Gasteiger charge is -1.93. The third kappa shape index (κ3) is 1.51. The molecular weight excluding hydrogens is 220 g/mol. The van der Waals surface area contributed by atoms with Crippen LogP contribution in [0.5, 0.6) is 0 Å². The molecule has 0 saturated carbocycles. The van der Waals surface area contributed by atoms with Gasteiger partial charge in [-0.25, -0.2) is 0 Å². The summed E-state index contributed by atoms with van der Waals surface area (Å²) in [5.41, 5.74) is 7.39. The van der Waals surface area contributed by atoms with Crippen molar-refractivity contribution in [1.82, 2.24) is 5.16 Å². The SMILES string of the molecule is CCc1c(-c2ccc(Cl)s2)noc1N. The molecule has 0 aliphatic heterocycles. The summed E-state index contributed by atoms with van der Waals surface area (Å²) in [6.45, 7) is 2.02. The van der Waals surface area contributed by atoms with Gasteiger partial charge in [-0.05, 0) is 18.6 Å². The van der Waals surface area contributed by atoms with Crippen molar-refractivity contribution < 1.29 is 4.52 Å². The molecule has 0 unspecified atom stereocenters. The number of hydrogen-bond acceptors (Lipinski definition) is 4. The first-order chi connectivity index (χ1) is 6.72. The Balaban J connectivity index is 2.51. The van der Waals surface area contributed by atoms with E-state index in [0.717, 1.165) is 26.9 Å². The Bertz CT molecular complexity index is 449. The second-order valence-electron chi connectivity index (χ2n) is 2.83. The van der Waals surface area contributed by atoms with Crippen molar-refractivity contribution in [1.29, 1.82) is 0 Å². The number of halogens is 1. The lowest BCUT2D eigenvalue weighted by molar-refractivity contribution is 0.439. The molecule has 0 aromatic carbocycles. The van der Waals surface area contributed by atoms with Crippen LogP contribution in [0.15, 0.2) is 16.7 Å². The van der Waals surface area contributed by atoms with Gasteiger partial charge in [-0.15, -0.1) is 11.3 Å². The molecule has 0 atom stereocenters. The third-order valence-corrected chi connectivity index (χ3v) is 3.22. The van der Waals surface area contributed by atoms with E-state index in [-0.39, 0.29) is 0 Å². The third-order valence-electron chi connectivity index (χ3n) is 1.98. The van der Waals surface area contributed by atoms with Crippen molar-refractivity contribution in [2.45, 2.75) is 13.3 Å². The maximum atomic E-state index is 5.84. The minimum absolute atomic E-state index is 0.395. The number of nitrogen functional groups attached to an aromatic ring is 1. The first-order valence-electron chi connectivity index (χ1n) is 4.22. The molecule has 0 saturated heterocycles. The summed E-state index contributed by atoms with van der Waals surface area (Å²) in [5, 5.41) is 3.92. The number of hydrogen-bond donors (Lipinski definition) is 1. The van der Waals surface area contributed by atoms with Crippen LogP contribution in [0.1, 0.15) is 12.5 Å². The van der Waals surface area contributed by atoms with Crippen molar-refractivity contribution in [2.75, 3.05) is 5.73 Å². The van der Waals surface area contributed by atoms with E-state index in [9.17, 15) is 0 Å². The number of aromatic nitrogens is 1. The van der Waals surface area contributed by atoms with Crippen LogP contribution in [0.4, 0.5) is 5.88 Å². The normalized spacial score (nSPS) is 10.7. The van der Waals surface area contributed by atoms with E-state index >= 15 is 0 Å². The average Bonchev–Trinajstić information content (AvgIpc) is 2.71. The van der Waals surface area contributed by atoms with E-state index < -0.39 is 0 Å². The van der Waals surface area contributed by atoms with E-state index in [4.69, 9.17) is 21.9 Å². The quantitative estimate of drug-likeness (QED) is 0.859. The zero-order valence-corrected chi connectivity index (χ0v) is 9.15. The van der Waals surface area contributed by atoms with Crippen molar-refractivity contribution in [3.8, 4) is 10.6 Å². The zero-order chi connectivity index (χ0) is 10.1. The Morgan fingerprint density at radius 3 is 2.93 bits per heavy atom. The van der Waals surface area contributed by atoms with Crippen molar-refractivity contribution in [2.24, 2.45) is 0 Å². The second kappa shape index (κ2) is 3.63. The summed E-state index contributed by atoms with van der Waals surface area (Å²) in [4.78, 5) is 0.993. The second-order valence-corrected chi connectivity index (χ2v) is 4.55. The lowest BCUT2D eigenvalue weighted by Crippen LogP contribution is -1.88. The summed E-state index contributed by atoms with van der Waals surface area (Å²) in [5.74, 6) is 0.395. The van der Waals surface area contributed by atoms with Crippen LogP contribution in [-0.2, 0) is 6.42 Å². The predicted octanol–water partition coefficient (Wildman–Crippen LogP) is 3.20. The lowest BCUT2D eigenvalue weighted by atomic mass is 10.1. The first-order valence-corrected chi connectivity index (χ1v) is 5.41. The molecule has 0 aliphatic rings. The smallest absolute Gasteiger partial charge is 0.225 e. The summed E-state index contributed by atoms with van der Waals surface area (Å²) in [7, 11) is 0. The maximum absolute atomic E-state index is 5.84. The molecule has 0 aliphatic carbocycles. The van der Waals surface area contributed by atoms with E-state index in [1.807, 2.05) is 19.1 Å². The number of nitrogens with zero attached hydrogens (tertiary/aromatic N) is 1. The number of anilines is 1. The Kier molecular flexibility index (Phi) is 2.48. The molecule has 0 bridgehead atoms. The van der Waals surface area contributed by atoms with Crippen LogP contribution < -0.4 is 5.73 Å². The fourth-order valence-electron chi connectivity index (χ4n) is 1.30. The van der Waals surface area contributed by atoms with Gasteiger partial charge in [0.25, 0.3) is 0 Å². The van der Waals surface area contributed by atoms with Crippen LogP contribution in [0.2, 0.25) is 4.34 Å². The summed E-state index contributed by atoms with van der Waals surface area (Å²) in [6, 6.07) is 3.76. The predicted molar refractivity (Wildman–Crippen MR) is 58.6 cm³/mol. The van der Waals surface area contributed by atoms with Crippen molar-refractivity contribution in [3.63, 3.8) is 0 Å². The molecule has 74 valence electrons. The minimum Gasteiger partial charge on any atom is -0.367 e. The standard InChI is InChI=1S/C9H9ClN2OS/c1-2-5-8(12-13-9(5)11)6-3-4-7(10)14-6/h3-4H,2,11H2,1H3. The molecule has 2 rings (SSSR count). The van der Waals surface area contributed by atoms with Crippen LogP contribution >= 0.6 is 22.9 Å². The highest BCUT2D eigenvalue weighted by atomic mass is 35.5. The van der Waals surface area contributed by atoms with E-state index in [1.54, 1.807) is 0 Å². The molecule has 5 heteroatoms. The van der Waals surface area contributed by atoms with Gasteiger partial charge in [-0.1, -0.05) is 23.7 Å². The molecule has 2 N–H and O–H groups in total. The van der Waals surface area contributed by atoms with Gasteiger partial charge in [-0.3, -0.25) is 0 Å². The molecule has 2 aromatic heterocycles. The van der Waals surface area contributed by atoms with Gasteiger partial charge in [0.15, 0.2) is 0 Å². The monoisotopic (exact) mass is 228 g/mol. The van der Waals surface area contributed by atoms with Gasteiger partial charge >= 0.3 is 0 Å². The zero-order valence-electron chi connectivity index (χ0n) is 7.58. The Hall–Kier alpha value is -1.00. The molecule has 0 fully saturated rings.